The molecule has 0 radical (unpaired) electrons. The zero-order chi connectivity index (χ0) is 109. The van der Waals surface area contributed by atoms with Crippen LogP contribution in [0.5, 0.6) is 0 Å². The Kier molecular flexibility index (Phi) is 43.2. The monoisotopic (exact) mass is 2080 g/mol. The summed E-state index contributed by atoms with van der Waals surface area (Å²) in [5.41, 5.74) is 4.87. The van der Waals surface area contributed by atoms with E-state index >= 15 is 0 Å². The number of nitrogens with zero attached hydrogens (tertiary/aromatic N) is 5. The molecule has 15 N–H and O–H groups in total. The number of nitrogens with one attached hydrogen (secondary N) is 15. The van der Waals surface area contributed by atoms with Crippen molar-refractivity contribution in [3.63, 3.8) is 0 Å². The second kappa shape index (κ2) is 55.6. The van der Waals surface area contributed by atoms with Gasteiger partial charge < -0.3 is 109 Å². The number of esters is 1. The molecule has 10 aliphatic rings. The second-order valence-electron chi connectivity index (χ2n) is 41.3. The number of fused-ring (bicyclic) bond motifs is 4. The number of hydrogen-bond acceptors (Lipinski definition) is 24. The molecule has 17 amide bonds. The first-order valence-electron chi connectivity index (χ1n) is 52.8. The van der Waals surface area contributed by atoms with Crippen LogP contribution in [0.1, 0.15) is 251 Å². The second-order valence-corrected chi connectivity index (χ2v) is 41.3. The van der Waals surface area contributed by atoms with E-state index in [0.29, 0.717) is 87.0 Å². The Morgan fingerprint density at radius 1 is 0.387 bits per heavy atom. The van der Waals surface area contributed by atoms with Crippen molar-refractivity contribution in [2.75, 3.05) is 49.5 Å². The van der Waals surface area contributed by atoms with Crippen molar-refractivity contribution in [1.82, 2.24) is 83.0 Å². The Hall–Kier alpha value is -13.8. The van der Waals surface area contributed by atoms with E-state index in [9.17, 15) is 91.1 Å². The molecular weight excluding hydrogens is 1930 g/mol. The summed E-state index contributed by atoms with van der Waals surface area (Å²) in [6.07, 6.45) is 20.0. The van der Waals surface area contributed by atoms with E-state index in [4.69, 9.17) is 9.47 Å². The molecule has 0 aromatic heterocycles. The highest BCUT2D eigenvalue weighted by molar-refractivity contribution is 6.04. The molecule has 17 atom stereocenters. The molecule has 4 aromatic carbocycles. The molecule has 14 rings (SSSR count). The first-order chi connectivity index (χ1) is 71.7. The van der Waals surface area contributed by atoms with Crippen LogP contribution in [0.15, 0.2) is 122 Å². The molecule has 9 aliphatic heterocycles. The van der Waals surface area contributed by atoms with Crippen molar-refractivity contribution in [2.45, 2.75) is 363 Å². The maximum absolute atomic E-state index is 13.8. The van der Waals surface area contributed by atoms with Gasteiger partial charge in [-0.1, -0.05) is 113 Å². The van der Waals surface area contributed by atoms with Gasteiger partial charge in [-0.3, -0.25) is 91.2 Å². The molecule has 9 heterocycles. The average molecular weight is 2080 g/mol. The number of anilines is 4. The summed E-state index contributed by atoms with van der Waals surface area (Å²) in [5.74, 6) is -4.60. The zero-order valence-corrected chi connectivity index (χ0v) is 88.1. The van der Waals surface area contributed by atoms with Crippen molar-refractivity contribution in [3.05, 3.63) is 145 Å². The third-order valence-electron chi connectivity index (χ3n) is 29.4. The minimum atomic E-state index is -0.858. The zero-order valence-electron chi connectivity index (χ0n) is 88.1. The summed E-state index contributed by atoms with van der Waals surface area (Å²) in [6, 6.07) is 21.4. The molecule has 9 saturated heterocycles. The SMILES string of the molecule is C=CC(=O)Nc1cccc(CNC(=O)[C@@H]2CC[C@@H]3CCCC[C@H](NC(=O)[C@H](C)N(C)C(=O)OC(C)(C)C)C(=O)N32)c1.C=CC(=O)Nc1cccc(CNC(=O)[C@@H]2CC[C@@H]3CCCC[C@H](NC(=O)[C@H](C)NC)C(=O)N32)c1.CN[C@@H](C)C(=O)N[C@H]1CCCC[C@H]2CC[C@@H](C(=O)NCc3cccc(NC(=O)C4CC(=O)C4)c3)N2C1=O.CN[C@@H](C)C(=O)N[C@H]1CCCC[C@H]2CC[C@@H](C(=O)NCc3cccc(NC(=O)[C@@H]4CCC(=O)O4)c3)N2C1=O. The fraction of sp³-hybridized carbons (Fsp3) is 0.569. The highest BCUT2D eigenvalue weighted by Gasteiger charge is 2.50. The van der Waals surface area contributed by atoms with Crippen molar-refractivity contribution < 1.29 is 101 Å². The van der Waals surface area contributed by atoms with Gasteiger partial charge in [0.05, 0.1) is 24.0 Å². The van der Waals surface area contributed by atoms with E-state index in [1.165, 1.54) is 24.1 Å². The van der Waals surface area contributed by atoms with Gasteiger partial charge in [0.2, 0.25) is 88.6 Å². The van der Waals surface area contributed by atoms with Crippen LogP contribution in [0.2, 0.25) is 0 Å². The standard InChI is InChI=1S/C30H43N5O6.C27H37N5O6.C27H37N5O5.C25H35N5O4/c1-7-25(36)32-21-12-10-11-20(17-21)18-31-27(38)24-16-15-22-13-8-9-14-23(28(39)35(22)24)33-26(37)19(2)34(6)29(40)41-30(3,4)5;1-16(28-2)24(34)31-20-9-4-3-8-19-10-11-21(32(19)27(20)37)25(35)29-15-17-6-5-7-18(14-17)30-26(36)22-12-13-23(33)38-22;1-16(28-2)24(34)31-22-9-4-3-8-20-10-11-23(32(20)27(22)37)26(36)29-15-17-6-5-7-19(12-17)30-25(35)18-13-21(33)14-18;1-4-22(31)28-18-9-7-8-17(14-18)15-27-24(33)21-13-12-19-10-5-6-11-20(25(34)30(19)21)29-23(32)16(2)26-3/h7,10-12,17,19,22-24H,1,8-9,13-16,18H2,2-6H3,(H,31,38)(H,32,36)(H,33,37);5-7,14,16,19-22,28H,3-4,8-13,15H2,1-2H3,(H,29,35)(H,30,36)(H,31,34);5-7,12,16,18,20,22-23,28H,3-4,8-11,13-15H2,1-2H3,(H,29,36)(H,30,35)(H,31,34);4,7-9,14,16,19-21,26H,1,5-6,10-13,15H2,2-3H3,(H,27,33)(H,28,31)(H,29,32)/t19-,22-,23-,24-;16-,19-,20-,21-,22-;16-,20-,22-,23-;16-,19-,20-,21-/m0000/s1. The fourth-order valence-corrected chi connectivity index (χ4v) is 20.4. The van der Waals surface area contributed by atoms with Crippen LogP contribution < -0.4 is 79.8 Å². The van der Waals surface area contributed by atoms with Gasteiger partial charge in [-0.2, -0.15) is 0 Å². The minimum Gasteiger partial charge on any atom is -0.452 e. The summed E-state index contributed by atoms with van der Waals surface area (Å²) in [4.78, 5) is 248. The molecule has 814 valence electrons. The van der Waals surface area contributed by atoms with Crippen molar-refractivity contribution in [3.8, 4) is 0 Å². The van der Waals surface area contributed by atoms with Crippen LogP contribution in [-0.4, -0.2) is 273 Å². The molecule has 41 heteroatoms. The third-order valence-corrected chi connectivity index (χ3v) is 29.4. The van der Waals surface area contributed by atoms with Crippen LogP contribution in [0, 0.1) is 5.92 Å². The summed E-state index contributed by atoms with van der Waals surface area (Å²) in [7, 11) is 6.57. The average Bonchev–Trinajstić information content (AvgIpc) is 1.66. The number of benzene rings is 4. The van der Waals surface area contributed by atoms with Crippen molar-refractivity contribution in [1.29, 1.82) is 0 Å². The number of amides is 17. The number of likely N-dealkylation sites (N-methyl/N-ethyl adjacent to an activating group) is 4. The van der Waals surface area contributed by atoms with Gasteiger partial charge in [0.1, 0.15) is 65.8 Å². The van der Waals surface area contributed by atoms with Crippen molar-refractivity contribution in [2.24, 2.45) is 5.92 Å². The molecule has 41 nitrogen and oxygen atoms in total. The molecule has 0 spiro atoms. The van der Waals surface area contributed by atoms with E-state index in [-0.39, 0.29) is 176 Å². The summed E-state index contributed by atoms with van der Waals surface area (Å²) < 4.78 is 10.4. The third kappa shape index (κ3) is 32.6. The number of hydrogen-bond donors (Lipinski definition) is 15. The van der Waals surface area contributed by atoms with Crippen molar-refractivity contribution >= 4 is 135 Å². The topological polar surface area (TPSA) is 539 Å². The number of ether oxygens (including phenoxy) is 2. The van der Waals surface area contributed by atoms with E-state index in [1.807, 2.05) is 24.3 Å². The Bertz CT molecular complexity index is 5550. The Morgan fingerprint density at radius 3 is 0.947 bits per heavy atom. The smallest absolute Gasteiger partial charge is 0.410 e. The highest BCUT2D eigenvalue weighted by Crippen LogP contribution is 2.38. The Morgan fingerprint density at radius 2 is 0.673 bits per heavy atom. The summed E-state index contributed by atoms with van der Waals surface area (Å²) >= 11 is 0. The van der Waals surface area contributed by atoms with Gasteiger partial charge in [-0.15, -0.1) is 0 Å². The summed E-state index contributed by atoms with van der Waals surface area (Å²) in [6.45, 7) is 19.9. The van der Waals surface area contributed by atoms with Gasteiger partial charge >= 0.3 is 12.1 Å². The number of rotatable bonds is 32. The lowest BCUT2D eigenvalue weighted by Gasteiger charge is -2.36. The Balaban J connectivity index is 0.000000190. The number of carbonyl (C=O) groups is 19. The molecule has 10 fully saturated rings. The lowest BCUT2D eigenvalue weighted by molar-refractivity contribution is -0.146. The van der Waals surface area contributed by atoms with E-state index in [1.54, 1.807) is 162 Å². The number of Topliss-reactive ketones (excluding diaryl/α,β-unsaturated/α-hetero) is 1. The Labute approximate surface area is 877 Å². The highest BCUT2D eigenvalue weighted by atomic mass is 16.6. The number of cyclic esters (lactones) is 1. The van der Waals surface area contributed by atoms with Gasteiger partial charge in [0, 0.05) is 106 Å². The van der Waals surface area contributed by atoms with Crippen LogP contribution in [-0.2, 0) is 122 Å². The van der Waals surface area contributed by atoms with Gasteiger partial charge in [-0.05, 0) is 255 Å². The molecule has 4 aromatic rings. The molecule has 0 bridgehead atoms. The first kappa shape index (κ1) is 116. The number of ketones is 1. The normalized spacial score (nSPS) is 23.8. The molecule has 0 unspecified atom stereocenters. The molecular formula is C109H152N20O21. The van der Waals surface area contributed by atoms with Gasteiger partial charge in [0.25, 0.3) is 5.91 Å². The predicted molar refractivity (Wildman–Crippen MR) is 560 cm³/mol. The molecule has 1 aliphatic carbocycles. The maximum atomic E-state index is 13.8. The first-order valence-corrected chi connectivity index (χ1v) is 52.8. The lowest BCUT2D eigenvalue weighted by Crippen LogP contribution is -2.58. The fourth-order valence-electron chi connectivity index (χ4n) is 20.4. The lowest BCUT2D eigenvalue weighted by atomic mass is 9.83. The van der Waals surface area contributed by atoms with E-state index in [0.717, 1.165) is 119 Å². The van der Waals surface area contributed by atoms with Gasteiger partial charge in [0.15, 0.2) is 6.10 Å². The van der Waals surface area contributed by atoms with E-state index < -0.39 is 96.2 Å². The van der Waals surface area contributed by atoms with Crippen LogP contribution >= 0.6 is 0 Å². The quantitative estimate of drug-likeness (QED) is 0.0177. The van der Waals surface area contributed by atoms with Crippen LogP contribution in [0.3, 0.4) is 0 Å². The molecule has 1 saturated carbocycles. The number of carbonyl (C=O) groups excluding carboxylic acids is 19. The predicted octanol–water partition coefficient (Wildman–Crippen LogP) is 6.77. The van der Waals surface area contributed by atoms with E-state index in [2.05, 4.69) is 92.9 Å². The maximum Gasteiger partial charge on any atom is 0.410 e. The van der Waals surface area contributed by atoms with Gasteiger partial charge in [-0.25, -0.2) is 4.79 Å². The largest absolute Gasteiger partial charge is 0.452 e. The van der Waals surface area contributed by atoms with Crippen LogP contribution in [0.4, 0.5) is 27.5 Å². The summed E-state index contributed by atoms with van der Waals surface area (Å²) in [5, 5.41) is 42.9. The minimum absolute atomic E-state index is 0.00148. The van der Waals surface area contributed by atoms with Crippen LogP contribution in [0.25, 0.3) is 0 Å². The molecule has 150 heavy (non-hydrogen) atoms.